The van der Waals surface area contributed by atoms with Gasteiger partial charge < -0.3 is 14.8 Å². The first-order chi connectivity index (χ1) is 12.4. The smallest absolute Gasteiger partial charge is 0.387 e. The van der Waals surface area contributed by atoms with Crippen molar-refractivity contribution in [2.45, 2.75) is 53.2 Å². The first-order valence-corrected chi connectivity index (χ1v) is 8.57. The highest BCUT2D eigenvalue weighted by Gasteiger charge is 2.27. The van der Waals surface area contributed by atoms with Crippen molar-refractivity contribution in [3.05, 3.63) is 35.9 Å². The molecule has 150 valence electrons. The fourth-order valence-corrected chi connectivity index (χ4v) is 2.89. The molecular weight excluding hydrogens is 356 g/mol. The van der Waals surface area contributed by atoms with Gasteiger partial charge in [-0.15, -0.1) is 0 Å². The first-order valence-electron chi connectivity index (χ1n) is 8.57. The predicted molar refractivity (Wildman–Crippen MR) is 99.4 cm³/mol. The van der Waals surface area contributed by atoms with Crippen LogP contribution in [0.4, 0.5) is 8.78 Å². The summed E-state index contributed by atoms with van der Waals surface area (Å²) in [5, 5.41) is 2.85. The molecule has 1 aromatic rings. The van der Waals surface area contributed by atoms with Gasteiger partial charge in [0, 0.05) is 11.6 Å². The molecule has 0 saturated heterocycles. The van der Waals surface area contributed by atoms with Crippen LogP contribution < -0.4 is 10.1 Å². The van der Waals surface area contributed by atoms with E-state index in [1.165, 1.54) is 30.3 Å². The standard InChI is InChI=1S/C20H27F2NO4/c1-19(2,3)13-20(4,5)23-16(24)12-26-17(25)11-8-14-6-9-15(10-7-14)27-18(21)22/h6-11,18H,12-13H2,1-5H3,(H,23,24)/b11-8+. The average molecular weight is 383 g/mol. The highest BCUT2D eigenvalue weighted by molar-refractivity contribution is 5.89. The molecular formula is C20H27F2NO4. The summed E-state index contributed by atoms with van der Waals surface area (Å²) in [6.07, 6.45) is 3.39. The van der Waals surface area contributed by atoms with Crippen molar-refractivity contribution in [2.24, 2.45) is 5.41 Å². The number of amides is 1. The second-order valence-electron chi connectivity index (χ2n) is 8.06. The van der Waals surface area contributed by atoms with Crippen molar-refractivity contribution in [2.75, 3.05) is 6.61 Å². The van der Waals surface area contributed by atoms with Crippen molar-refractivity contribution in [1.29, 1.82) is 0 Å². The Labute approximate surface area is 158 Å². The van der Waals surface area contributed by atoms with E-state index in [1.54, 1.807) is 0 Å². The van der Waals surface area contributed by atoms with E-state index in [-0.39, 0.29) is 23.7 Å². The summed E-state index contributed by atoms with van der Waals surface area (Å²) in [4.78, 5) is 23.7. The zero-order chi connectivity index (χ0) is 20.7. The number of esters is 1. The Balaban J connectivity index is 2.46. The minimum Gasteiger partial charge on any atom is -0.452 e. The number of hydrogen-bond acceptors (Lipinski definition) is 4. The summed E-state index contributed by atoms with van der Waals surface area (Å²) in [6.45, 7) is 6.81. The van der Waals surface area contributed by atoms with Crippen LogP contribution in [0.1, 0.15) is 46.6 Å². The van der Waals surface area contributed by atoms with Crippen molar-refractivity contribution < 1.29 is 27.8 Å². The van der Waals surface area contributed by atoms with Crippen LogP contribution in [0, 0.1) is 5.41 Å². The Bertz CT molecular complexity index is 662. The number of alkyl halides is 2. The lowest BCUT2D eigenvalue weighted by Crippen LogP contribution is -2.47. The third-order valence-electron chi connectivity index (χ3n) is 3.31. The van der Waals surface area contributed by atoms with Crippen LogP contribution in [-0.4, -0.2) is 30.6 Å². The number of ether oxygens (including phenoxy) is 2. The van der Waals surface area contributed by atoms with Gasteiger partial charge in [0.25, 0.3) is 5.91 Å². The summed E-state index contributed by atoms with van der Waals surface area (Å²) in [5.41, 5.74) is 0.232. The topological polar surface area (TPSA) is 64.6 Å². The fraction of sp³-hybridized carbons (Fsp3) is 0.500. The molecule has 1 aromatic carbocycles. The number of carbonyl (C=O) groups is 2. The van der Waals surface area contributed by atoms with Gasteiger partial charge in [-0.25, -0.2) is 4.79 Å². The molecule has 0 saturated carbocycles. The van der Waals surface area contributed by atoms with E-state index in [4.69, 9.17) is 4.74 Å². The van der Waals surface area contributed by atoms with Gasteiger partial charge in [-0.05, 0) is 49.5 Å². The molecule has 0 aliphatic rings. The molecule has 1 amide bonds. The SMILES string of the molecule is CC(C)(C)CC(C)(C)NC(=O)COC(=O)/C=C/c1ccc(OC(F)F)cc1. The summed E-state index contributed by atoms with van der Waals surface area (Å²) in [7, 11) is 0. The van der Waals surface area contributed by atoms with E-state index < -0.39 is 18.1 Å². The van der Waals surface area contributed by atoms with E-state index in [2.05, 4.69) is 30.8 Å². The van der Waals surface area contributed by atoms with E-state index in [9.17, 15) is 18.4 Å². The normalized spacial score (nSPS) is 12.3. The van der Waals surface area contributed by atoms with Crippen molar-refractivity contribution in [3.8, 4) is 5.75 Å². The Kier molecular flexibility index (Phi) is 7.94. The molecule has 1 rings (SSSR count). The molecule has 0 aliphatic heterocycles. The highest BCUT2D eigenvalue weighted by Crippen LogP contribution is 2.26. The number of hydrogen-bond donors (Lipinski definition) is 1. The van der Waals surface area contributed by atoms with Gasteiger partial charge in [-0.3, -0.25) is 4.79 Å². The number of rotatable bonds is 8. The molecule has 7 heteroatoms. The minimum atomic E-state index is -2.89. The van der Waals surface area contributed by atoms with Crippen LogP contribution in [0.25, 0.3) is 6.08 Å². The van der Waals surface area contributed by atoms with Crippen LogP contribution >= 0.6 is 0 Å². The lowest BCUT2D eigenvalue weighted by atomic mass is 9.82. The van der Waals surface area contributed by atoms with Crippen molar-refractivity contribution in [3.63, 3.8) is 0 Å². The summed E-state index contributed by atoms with van der Waals surface area (Å²) in [6, 6.07) is 5.76. The minimum absolute atomic E-state index is 0.0271. The third kappa shape index (κ3) is 10.3. The first kappa shape index (κ1) is 22.6. The number of benzene rings is 1. The monoisotopic (exact) mass is 383 g/mol. The van der Waals surface area contributed by atoms with E-state index in [0.717, 1.165) is 12.5 Å². The van der Waals surface area contributed by atoms with E-state index in [0.29, 0.717) is 5.56 Å². The van der Waals surface area contributed by atoms with Crippen LogP contribution in [0.2, 0.25) is 0 Å². The fourth-order valence-electron chi connectivity index (χ4n) is 2.89. The molecule has 27 heavy (non-hydrogen) atoms. The lowest BCUT2D eigenvalue weighted by Gasteiger charge is -2.33. The van der Waals surface area contributed by atoms with Gasteiger partial charge in [-0.1, -0.05) is 32.9 Å². The lowest BCUT2D eigenvalue weighted by molar-refractivity contribution is -0.144. The van der Waals surface area contributed by atoms with Crippen molar-refractivity contribution >= 4 is 18.0 Å². The van der Waals surface area contributed by atoms with Crippen molar-refractivity contribution in [1.82, 2.24) is 5.32 Å². The van der Waals surface area contributed by atoms with Crippen LogP contribution in [0.15, 0.2) is 30.3 Å². The van der Waals surface area contributed by atoms with E-state index >= 15 is 0 Å². The Morgan fingerprint density at radius 1 is 1.11 bits per heavy atom. The Morgan fingerprint density at radius 2 is 1.70 bits per heavy atom. The number of halogens is 2. The highest BCUT2D eigenvalue weighted by atomic mass is 19.3. The second-order valence-corrected chi connectivity index (χ2v) is 8.06. The van der Waals surface area contributed by atoms with Gasteiger partial charge in [0.1, 0.15) is 5.75 Å². The summed E-state index contributed by atoms with van der Waals surface area (Å²) >= 11 is 0. The molecule has 1 N–H and O–H groups in total. The van der Waals surface area contributed by atoms with Gasteiger partial charge in [0.15, 0.2) is 6.61 Å². The molecule has 0 radical (unpaired) electrons. The molecule has 0 spiro atoms. The Morgan fingerprint density at radius 3 is 2.22 bits per heavy atom. The van der Waals surface area contributed by atoms with Crippen LogP contribution in [0.3, 0.4) is 0 Å². The molecule has 0 bridgehead atoms. The second kappa shape index (κ2) is 9.48. The average Bonchev–Trinajstić information content (AvgIpc) is 2.48. The molecule has 0 aromatic heterocycles. The maximum absolute atomic E-state index is 12.1. The van der Waals surface area contributed by atoms with Crippen LogP contribution in [0.5, 0.6) is 5.75 Å². The quantitative estimate of drug-likeness (QED) is 0.540. The number of nitrogens with one attached hydrogen (secondary N) is 1. The summed E-state index contributed by atoms with van der Waals surface area (Å²) < 4.78 is 33.3. The molecule has 0 unspecified atom stereocenters. The third-order valence-corrected chi connectivity index (χ3v) is 3.31. The summed E-state index contributed by atoms with van der Waals surface area (Å²) in [5.74, 6) is -1.02. The zero-order valence-corrected chi connectivity index (χ0v) is 16.3. The molecule has 0 atom stereocenters. The zero-order valence-electron chi connectivity index (χ0n) is 16.3. The molecule has 0 heterocycles. The van der Waals surface area contributed by atoms with Crippen LogP contribution in [-0.2, 0) is 14.3 Å². The molecule has 0 fully saturated rings. The number of carbonyl (C=O) groups excluding carboxylic acids is 2. The van der Waals surface area contributed by atoms with Gasteiger partial charge in [0.2, 0.25) is 0 Å². The van der Waals surface area contributed by atoms with E-state index in [1.807, 2.05) is 13.8 Å². The van der Waals surface area contributed by atoms with Gasteiger partial charge in [-0.2, -0.15) is 8.78 Å². The largest absolute Gasteiger partial charge is 0.452 e. The Hall–Kier alpha value is -2.44. The predicted octanol–water partition coefficient (Wildman–Crippen LogP) is 4.18. The van der Waals surface area contributed by atoms with Gasteiger partial charge >= 0.3 is 12.6 Å². The maximum atomic E-state index is 12.1. The molecule has 0 aliphatic carbocycles. The maximum Gasteiger partial charge on any atom is 0.387 e. The van der Waals surface area contributed by atoms with Gasteiger partial charge in [0.05, 0.1) is 0 Å². The molecule has 5 nitrogen and oxygen atoms in total.